The van der Waals surface area contributed by atoms with Gasteiger partial charge in [0.05, 0.1) is 7.11 Å². The van der Waals surface area contributed by atoms with Crippen molar-refractivity contribution in [1.82, 2.24) is 5.32 Å². The van der Waals surface area contributed by atoms with Gasteiger partial charge in [-0.3, -0.25) is 4.79 Å². The van der Waals surface area contributed by atoms with E-state index in [1.165, 1.54) is 21.0 Å². The van der Waals surface area contributed by atoms with Gasteiger partial charge in [-0.15, -0.1) is 11.6 Å². The van der Waals surface area contributed by atoms with Crippen molar-refractivity contribution in [3.05, 3.63) is 29.8 Å². The number of amides is 1. The summed E-state index contributed by atoms with van der Waals surface area (Å²) in [5.41, 5.74) is -0.794. The molecule has 104 valence electrons. The fourth-order valence-corrected chi connectivity index (χ4v) is 1.55. The van der Waals surface area contributed by atoms with Crippen molar-refractivity contribution in [3.63, 3.8) is 0 Å². The Bertz CT molecular complexity index is 470. The zero-order chi connectivity index (χ0) is 14.6. The number of alkyl halides is 1. The largest absolute Gasteiger partial charge is 0.497 e. The van der Waals surface area contributed by atoms with Crippen molar-refractivity contribution in [2.24, 2.45) is 0 Å². The minimum Gasteiger partial charge on any atom is -0.497 e. The highest BCUT2D eigenvalue weighted by Gasteiger charge is 2.31. The number of halogens is 1. The highest BCUT2D eigenvalue weighted by Crippen LogP contribution is 2.23. The first kappa shape index (κ1) is 15.3. The Hall–Kier alpha value is -1.75. The number of rotatable bonds is 5. The van der Waals surface area contributed by atoms with Crippen LogP contribution in [0.1, 0.15) is 24.8 Å². The Balaban J connectivity index is 2.79. The van der Waals surface area contributed by atoms with Crippen LogP contribution in [0.4, 0.5) is 0 Å². The second kappa shape index (κ2) is 5.93. The molecule has 1 amide bonds. The number of hydrogen-bond donors (Lipinski definition) is 2. The highest BCUT2D eigenvalue weighted by atomic mass is 35.5. The SMILES string of the molecule is COc1ccc(C(Cl)C(=O)NC(C)(C)C(=O)O)cc1. The van der Waals surface area contributed by atoms with Gasteiger partial charge in [0.25, 0.3) is 0 Å². The summed E-state index contributed by atoms with van der Waals surface area (Å²) in [6.07, 6.45) is 0. The molecule has 0 aliphatic heterocycles. The molecule has 5 nitrogen and oxygen atoms in total. The number of hydrogen-bond acceptors (Lipinski definition) is 3. The lowest BCUT2D eigenvalue weighted by Gasteiger charge is -2.22. The van der Waals surface area contributed by atoms with E-state index < -0.39 is 22.8 Å². The maximum atomic E-state index is 11.9. The van der Waals surface area contributed by atoms with Crippen LogP contribution in [-0.2, 0) is 9.59 Å². The number of aliphatic carboxylic acids is 1. The van der Waals surface area contributed by atoms with Crippen molar-refractivity contribution in [1.29, 1.82) is 0 Å². The fourth-order valence-electron chi connectivity index (χ4n) is 1.35. The van der Waals surface area contributed by atoms with E-state index in [0.717, 1.165) is 0 Å². The van der Waals surface area contributed by atoms with Gasteiger partial charge < -0.3 is 15.2 Å². The van der Waals surface area contributed by atoms with E-state index >= 15 is 0 Å². The molecule has 0 saturated heterocycles. The number of benzene rings is 1. The van der Waals surface area contributed by atoms with Crippen molar-refractivity contribution in [2.75, 3.05) is 7.11 Å². The molecule has 2 N–H and O–H groups in total. The van der Waals surface area contributed by atoms with Crippen LogP contribution in [0.15, 0.2) is 24.3 Å². The second-order valence-electron chi connectivity index (χ2n) is 4.56. The lowest BCUT2D eigenvalue weighted by Crippen LogP contribution is -2.50. The molecule has 0 heterocycles. The predicted octanol–water partition coefficient (Wildman–Crippen LogP) is 1.95. The van der Waals surface area contributed by atoms with Crippen LogP contribution in [-0.4, -0.2) is 29.6 Å². The van der Waals surface area contributed by atoms with Crippen LogP contribution >= 0.6 is 11.6 Å². The van der Waals surface area contributed by atoms with Gasteiger partial charge in [0, 0.05) is 0 Å². The minimum atomic E-state index is -1.36. The molecule has 0 bridgehead atoms. The van der Waals surface area contributed by atoms with Crippen LogP contribution in [0.5, 0.6) is 5.75 Å². The summed E-state index contributed by atoms with van der Waals surface area (Å²) in [7, 11) is 1.54. The Kier molecular flexibility index (Phi) is 4.78. The Morgan fingerprint density at radius 3 is 2.26 bits per heavy atom. The molecule has 0 fully saturated rings. The molecule has 0 aliphatic carbocycles. The van der Waals surface area contributed by atoms with E-state index in [1.54, 1.807) is 24.3 Å². The first-order valence-corrected chi connectivity index (χ1v) is 6.05. The van der Waals surface area contributed by atoms with Crippen LogP contribution < -0.4 is 10.1 Å². The maximum absolute atomic E-state index is 11.9. The van der Waals surface area contributed by atoms with Crippen LogP contribution in [0, 0.1) is 0 Å². The number of nitrogens with one attached hydrogen (secondary N) is 1. The monoisotopic (exact) mass is 285 g/mol. The first-order valence-electron chi connectivity index (χ1n) is 5.61. The summed E-state index contributed by atoms with van der Waals surface area (Å²) in [5, 5.41) is 10.4. The second-order valence-corrected chi connectivity index (χ2v) is 4.99. The van der Waals surface area contributed by atoms with Gasteiger partial charge in [0.15, 0.2) is 0 Å². The zero-order valence-electron chi connectivity index (χ0n) is 10.9. The summed E-state index contributed by atoms with van der Waals surface area (Å²) in [6, 6.07) is 6.67. The third kappa shape index (κ3) is 3.86. The predicted molar refractivity (Wildman–Crippen MR) is 71.4 cm³/mol. The molecular formula is C13H16ClNO4. The Labute approximate surface area is 116 Å². The molecule has 1 unspecified atom stereocenters. The Morgan fingerprint density at radius 2 is 1.84 bits per heavy atom. The molecule has 19 heavy (non-hydrogen) atoms. The van der Waals surface area contributed by atoms with Gasteiger partial charge in [-0.1, -0.05) is 12.1 Å². The van der Waals surface area contributed by atoms with Gasteiger partial charge in [-0.05, 0) is 31.5 Å². The number of carbonyl (C=O) groups is 2. The molecule has 1 aromatic carbocycles. The van der Waals surface area contributed by atoms with Gasteiger partial charge in [0.2, 0.25) is 5.91 Å². The van der Waals surface area contributed by atoms with Gasteiger partial charge >= 0.3 is 5.97 Å². The summed E-state index contributed by atoms with van der Waals surface area (Å²) in [6.45, 7) is 2.79. The molecule has 6 heteroatoms. The lowest BCUT2D eigenvalue weighted by atomic mass is 10.0. The van der Waals surface area contributed by atoms with Crippen molar-refractivity contribution in [3.8, 4) is 5.75 Å². The smallest absolute Gasteiger partial charge is 0.328 e. The summed E-state index contributed by atoms with van der Waals surface area (Å²) >= 11 is 6.02. The van der Waals surface area contributed by atoms with Crippen LogP contribution in [0.2, 0.25) is 0 Å². The standard InChI is InChI=1S/C13H16ClNO4/c1-13(2,12(17)18)15-11(16)10(14)8-4-6-9(19-3)7-5-8/h4-7,10H,1-3H3,(H,15,16)(H,17,18). The number of methoxy groups -OCH3 is 1. The van der Waals surface area contributed by atoms with Crippen molar-refractivity contribution >= 4 is 23.5 Å². The van der Waals surface area contributed by atoms with E-state index in [2.05, 4.69) is 5.32 Å². The van der Waals surface area contributed by atoms with E-state index in [4.69, 9.17) is 21.4 Å². The van der Waals surface area contributed by atoms with Crippen molar-refractivity contribution < 1.29 is 19.4 Å². The van der Waals surface area contributed by atoms with E-state index in [1.807, 2.05) is 0 Å². The molecule has 0 saturated carbocycles. The summed E-state index contributed by atoms with van der Waals surface area (Å²) in [5.74, 6) is -1.03. The average Bonchev–Trinajstić information content (AvgIpc) is 2.37. The number of ether oxygens (including phenoxy) is 1. The molecule has 0 spiro atoms. The third-order valence-electron chi connectivity index (χ3n) is 2.61. The highest BCUT2D eigenvalue weighted by molar-refractivity contribution is 6.31. The van der Waals surface area contributed by atoms with E-state index in [0.29, 0.717) is 11.3 Å². The molecule has 0 radical (unpaired) electrons. The van der Waals surface area contributed by atoms with Crippen LogP contribution in [0.3, 0.4) is 0 Å². The van der Waals surface area contributed by atoms with E-state index in [-0.39, 0.29) is 0 Å². The molecule has 0 aliphatic rings. The number of carboxylic acid groups (broad SMARTS) is 1. The van der Waals surface area contributed by atoms with Crippen molar-refractivity contribution in [2.45, 2.75) is 24.8 Å². The Morgan fingerprint density at radius 1 is 1.32 bits per heavy atom. The maximum Gasteiger partial charge on any atom is 0.328 e. The average molecular weight is 286 g/mol. The molecule has 0 aromatic heterocycles. The molecule has 1 aromatic rings. The summed E-state index contributed by atoms with van der Waals surface area (Å²) in [4.78, 5) is 22.8. The topological polar surface area (TPSA) is 75.6 Å². The summed E-state index contributed by atoms with van der Waals surface area (Å²) < 4.78 is 5.00. The minimum absolute atomic E-state index is 0.556. The third-order valence-corrected chi connectivity index (χ3v) is 3.06. The molecule has 1 rings (SSSR count). The van der Waals surface area contributed by atoms with Gasteiger partial charge in [-0.25, -0.2) is 4.79 Å². The normalized spacial score (nSPS) is 12.6. The number of carbonyl (C=O) groups excluding carboxylic acids is 1. The lowest BCUT2D eigenvalue weighted by molar-refractivity contribution is -0.146. The van der Waals surface area contributed by atoms with Crippen LogP contribution in [0.25, 0.3) is 0 Å². The first-order chi connectivity index (χ1) is 8.77. The quantitative estimate of drug-likeness (QED) is 0.811. The fraction of sp³-hybridized carbons (Fsp3) is 0.385. The van der Waals surface area contributed by atoms with Gasteiger partial charge in [0.1, 0.15) is 16.7 Å². The zero-order valence-corrected chi connectivity index (χ0v) is 11.7. The molecular weight excluding hydrogens is 270 g/mol. The number of carboxylic acids is 1. The molecule has 1 atom stereocenters. The van der Waals surface area contributed by atoms with Gasteiger partial charge in [-0.2, -0.15) is 0 Å². The van der Waals surface area contributed by atoms with E-state index in [9.17, 15) is 9.59 Å².